The van der Waals surface area contributed by atoms with E-state index in [2.05, 4.69) is 31.4 Å². The summed E-state index contributed by atoms with van der Waals surface area (Å²) in [6, 6.07) is -0.340. The van der Waals surface area contributed by atoms with E-state index in [4.69, 9.17) is 11.6 Å². The van der Waals surface area contributed by atoms with Gasteiger partial charge in [-0.1, -0.05) is 11.6 Å². The van der Waals surface area contributed by atoms with Gasteiger partial charge in [-0.05, 0) is 43.1 Å². The summed E-state index contributed by atoms with van der Waals surface area (Å²) < 4.78 is 4.40. The van der Waals surface area contributed by atoms with Crippen molar-refractivity contribution in [3.8, 4) is 0 Å². The number of rotatable bonds is 6. The molecule has 0 spiro atoms. The van der Waals surface area contributed by atoms with Gasteiger partial charge in [0, 0.05) is 19.3 Å². The summed E-state index contributed by atoms with van der Waals surface area (Å²) in [5.41, 5.74) is 1.75. The molecule has 0 radical (unpaired) electrons. The molecular formula is C14H19BrClN5O. The molecule has 2 aromatic rings. The van der Waals surface area contributed by atoms with E-state index in [0.717, 1.165) is 22.3 Å². The lowest BCUT2D eigenvalue weighted by Crippen LogP contribution is -2.33. The zero-order valence-corrected chi connectivity index (χ0v) is 15.1. The summed E-state index contributed by atoms with van der Waals surface area (Å²) >= 11 is 9.35. The molecule has 0 aliphatic carbocycles. The van der Waals surface area contributed by atoms with Crippen molar-refractivity contribution in [2.45, 2.75) is 39.8 Å². The number of hydrogen-bond acceptors (Lipinski definition) is 3. The molecule has 2 heterocycles. The van der Waals surface area contributed by atoms with Crippen molar-refractivity contribution in [2.24, 2.45) is 0 Å². The van der Waals surface area contributed by atoms with Crippen LogP contribution < -0.4 is 5.32 Å². The fourth-order valence-electron chi connectivity index (χ4n) is 2.11. The van der Waals surface area contributed by atoms with E-state index >= 15 is 0 Å². The van der Waals surface area contributed by atoms with Gasteiger partial charge in [0.1, 0.15) is 6.04 Å². The second-order valence-corrected chi connectivity index (χ2v) is 6.43. The Balaban J connectivity index is 1.79. The molecule has 22 heavy (non-hydrogen) atoms. The minimum atomic E-state index is -0.340. The maximum Gasteiger partial charge on any atom is 0.244 e. The summed E-state index contributed by atoms with van der Waals surface area (Å²) in [6.45, 7) is 6.92. The Bertz CT molecular complexity index is 647. The maximum absolute atomic E-state index is 12.1. The molecule has 0 aromatic carbocycles. The molecular weight excluding hydrogens is 370 g/mol. The van der Waals surface area contributed by atoms with Crippen LogP contribution in [0, 0.1) is 13.8 Å². The first-order valence-corrected chi connectivity index (χ1v) is 8.24. The molecule has 1 unspecified atom stereocenters. The number of nitrogens with one attached hydrogen (secondary N) is 1. The first-order valence-electron chi connectivity index (χ1n) is 7.07. The normalized spacial score (nSPS) is 12.4. The number of carbonyl (C=O) groups is 1. The van der Waals surface area contributed by atoms with Crippen molar-refractivity contribution in [3.63, 3.8) is 0 Å². The molecule has 0 fully saturated rings. The van der Waals surface area contributed by atoms with E-state index in [1.165, 1.54) is 0 Å². The van der Waals surface area contributed by atoms with Crippen molar-refractivity contribution in [3.05, 3.63) is 33.3 Å². The molecule has 0 aliphatic rings. The highest BCUT2D eigenvalue weighted by Gasteiger charge is 2.17. The zero-order chi connectivity index (χ0) is 16.3. The van der Waals surface area contributed by atoms with Gasteiger partial charge >= 0.3 is 0 Å². The fraction of sp³-hybridized carbons (Fsp3) is 0.500. The minimum Gasteiger partial charge on any atom is -0.354 e. The number of nitrogens with zero attached hydrogens (tertiary/aromatic N) is 4. The second kappa shape index (κ2) is 7.28. The third-order valence-corrected chi connectivity index (χ3v) is 4.63. The molecule has 120 valence electrons. The average Bonchev–Trinajstić information content (AvgIpc) is 2.98. The highest BCUT2D eigenvalue weighted by Crippen LogP contribution is 2.18. The van der Waals surface area contributed by atoms with Crippen LogP contribution in [-0.4, -0.2) is 32.0 Å². The van der Waals surface area contributed by atoms with Gasteiger partial charge in [-0.25, -0.2) is 0 Å². The lowest BCUT2D eigenvalue weighted by atomic mass is 10.3. The SMILES string of the molecule is Cc1nn(CCCNC(=O)C(C)n2ncc(Br)c2C)cc1Cl. The molecule has 6 nitrogen and oxygen atoms in total. The third-order valence-electron chi connectivity index (χ3n) is 3.48. The number of aryl methyl sites for hydroxylation is 2. The molecule has 2 aromatic heterocycles. The standard InChI is InChI=1S/C14H19BrClN5O/c1-9-13(16)8-20(19-9)6-4-5-17-14(22)11(3)21-10(2)12(15)7-18-21/h7-8,11H,4-6H2,1-3H3,(H,17,22). The smallest absolute Gasteiger partial charge is 0.244 e. The van der Waals surface area contributed by atoms with Crippen LogP contribution in [0.1, 0.15) is 30.8 Å². The van der Waals surface area contributed by atoms with Gasteiger partial charge in [-0.3, -0.25) is 14.2 Å². The van der Waals surface area contributed by atoms with E-state index in [9.17, 15) is 4.79 Å². The van der Waals surface area contributed by atoms with Gasteiger partial charge in [0.2, 0.25) is 5.91 Å². The van der Waals surface area contributed by atoms with E-state index < -0.39 is 0 Å². The quantitative estimate of drug-likeness (QED) is 0.774. The minimum absolute atomic E-state index is 0.0478. The first kappa shape index (κ1) is 17.0. The van der Waals surface area contributed by atoms with Crippen LogP contribution in [0.2, 0.25) is 5.02 Å². The predicted molar refractivity (Wildman–Crippen MR) is 89.0 cm³/mol. The topological polar surface area (TPSA) is 64.7 Å². The summed E-state index contributed by atoms with van der Waals surface area (Å²) in [5.74, 6) is -0.0478. The van der Waals surface area contributed by atoms with Crippen LogP contribution >= 0.6 is 27.5 Å². The monoisotopic (exact) mass is 387 g/mol. The largest absolute Gasteiger partial charge is 0.354 e. The van der Waals surface area contributed by atoms with Crippen LogP contribution in [0.3, 0.4) is 0 Å². The highest BCUT2D eigenvalue weighted by molar-refractivity contribution is 9.10. The van der Waals surface area contributed by atoms with Gasteiger partial charge in [-0.2, -0.15) is 10.2 Å². The Hall–Kier alpha value is -1.34. The van der Waals surface area contributed by atoms with E-state index in [1.54, 1.807) is 21.8 Å². The Morgan fingerprint density at radius 3 is 2.77 bits per heavy atom. The lowest BCUT2D eigenvalue weighted by Gasteiger charge is -2.14. The van der Waals surface area contributed by atoms with Crippen LogP contribution in [0.4, 0.5) is 0 Å². The first-order chi connectivity index (χ1) is 10.4. The zero-order valence-electron chi connectivity index (χ0n) is 12.8. The second-order valence-electron chi connectivity index (χ2n) is 5.17. The van der Waals surface area contributed by atoms with Crippen molar-refractivity contribution < 1.29 is 4.79 Å². The summed E-state index contributed by atoms with van der Waals surface area (Å²) in [7, 11) is 0. The summed E-state index contributed by atoms with van der Waals surface area (Å²) in [6.07, 6.45) is 4.28. The Kier molecular flexibility index (Phi) is 5.63. The predicted octanol–water partition coefficient (Wildman–Crippen LogP) is 2.88. The molecule has 0 saturated heterocycles. The molecule has 0 saturated carbocycles. The molecule has 2 rings (SSSR count). The van der Waals surface area contributed by atoms with Crippen LogP contribution in [0.5, 0.6) is 0 Å². The fourth-order valence-corrected chi connectivity index (χ4v) is 2.54. The molecule has 8 heteroatoms. The lowest BCUT2D eigenvalue weighted by molar-refractivity contribution is -0.124. The van der Waals surface area contributed by atoms with Crippen molar-refractivity contribution in [1.29, 1.82) is 0 Å². The van der Waals surface area contributed by atoms with Gasteiger partial charge in [0.25, 0.3) is 0 Å². The van der Waals surface area contributed by atoms with E-state index in [1.807, 2.05) is 20.8 Å². The number of aromatic nitrogens is 4. The van der Waals surface area contributed by atoms with Crippen LogP contribution in [0.15, 0.2) is 16.9 Å². The number of carbonyl (C=O) groups excluding carboxylic acids is 1. The Labute approximate surface area is 143 Å². The average molecular weight is 389 g/mol. The van der Waals surface area contributed by atoms with Gasteiger partial charge in [0.15, 0.2) is 0 Å². The van der Waals surface area contributed by atoms with Crippen molar-refractivity contribution in [1.82, 2.24) is 24.9 Å². The number of halogens is 2. The van der Waals surface area contributed by atoms with Crippen LogP contribution in [0.25, 0.3) is 0 Å². The van der Waals surface area contributed by atoms with Gasteiger partial charge < -0.3 is 5.32 Å². The van der Waals surface area contributed by atoms with E-state index in [0.29, 0.717) is 18.1 Å². The van der Waals surface area contributed by atoms with E-state index in [-0.39, 0.29) is 11.9 Å². The van der Waals surface area contributed by atoms with Crippen molar-refractivity contribution >= 4 is 33.4 Å². The van der Waals surface area contributed by atoms with Gasteiger partial charge in [0.05, 0.1) is 27.1 Å². The molecule has 1 N–H and O–H groups in total. The van der Waals surface area contributed by atoms with Crippen molar-refractivity contribution in [2.75, 3.05) is 6.54 Å². The van der Waals surface area contributed by atoms with Gasteiger partial charge in [-0.15, -0.1) is 0 Å². The van der Waals surface area contributed by atoms with Crippen LogP contribution in [-0.2, 0) is 11.3 Å². The summed E-state index contributed by atoms with van der Waals surface area (Å²) in [4.78, 5) is 12.1. The Morgan fingerprint density at radius 1 is 1.50 bits per heavy atom. The Morgan fingerprint density at radius 2 is 2.23 bits per heavy atom. The molecule has 1 amide bonds. The summed E-state index contributed by atoms with van der Waals surface area (Å²) in [5, 5.41) is 12.1. The maximum atomic E-state index is 12.1. The highest BCUT2D eigenvalue weighted by atomic mass is 79.9. The molecule has 0 aliphatic heterocycles. The molecule has 0 bridgehead atoms. The number of hydrogen-bond donors (Lipinski definition) is 1. The number of amides is 1. The molecule has 1 atom stereocenters. The third kappa shape index (κ3) is 3.89.